The Morgan fingerprint density at radius 3 is 1.56 bits per heavy atom. The minimum atomic E-state index is 0.314. The molecule has 0 spiro atoms. The summed E-state index contributed by atoms with van der Waals surface area (Å²) in [6, 6.07) is 0. The van der Waals surface area contributed by atoms with Crippen molar-refractivity contribution in [1.82, 2.24) is 4.90 Å². The molecule has 0 aromatic rings. The Bertz CT molecular complexity index is 354. The van der Waals surface area contributed by atoms with Gasteiger partial charge < -0.3 is 4.90 Å². The molecular weight excluding hydrogens is 218 g/mol. The monoisotopic (exact) mass is 249 g/mol. The molecule has 18 heavy (non-hydrogen) atoms. The fourth-order valence-electron chi connectivity index (χ4n) is 4.11. The maximum absolute atomic E-state index is 2.38. The smallest absolute Gasteiger partial charge is 0.0314 e. The molecule has 1 aliphatic carbocycles. The van der Waals surface area contributed by atoms with E-state index in [0.29, 0.717) is 5.41 Å². The predicted molar refractivity (Wildman–Crippen MR) is 81.6 cm³/mol. The molecule has 0 saturated heterocycles. The zero-order chi connectivity index (χ0) is 13.9. The van der Waals surface area contributed by atoms with Gasteiger partial charge in [-0.1, -0.05) is 40.2 Å². The van der Waals surface area contributed by atoms with Crippen LogP contribution in [0.4, 0.5) is 0 Å². The summed E-state index contributed by atoms with van der Waals surface area (Å²) in [5.74, 6) is 0. The highest BCUT2D eigenvalue weighted by Crippen LogP contribution is 2.54. The van der Waals surface area contributed by atoms with E-state index in [9.17, 15) is 0 Å². The fourth-order valence-corrected chi connectivity index (χ4v) is 4.11. The average molecular weight is 249 g/mol. The summed E-state index contributed by atoms with van der Waals surface area (Å²) in [6.07, 6.45) is 6.01. The van der Waals surface area contributed by atoms with E-state index in [4.69, 9.17) is 0 Å². The van der Waals surface area contributed by atoms with Gasteiger partial charge in [0.05, 0.1) is 0 Å². The molecule has 0 radical (unpaired) electrons. The van der Waals surface area contributed by atoms with Crippen molar-refractivity contribution in [3.05, 3.63) is 22.4 Å². The van der Waals surface area contributed by atoms with Crippen LogP contribution in [0.5, 0.6) is 0 Å². The van der Waals surface area contributed by atoms with Crippen molar-refractivity contribution in [3.8, 4) is 0 Å². The first-order valence-corrected chi connectivity index (χ1v) is 7.67. The van der Waals surface area contributed by atoms with Crippen LogP contribution in [-0.4, -0.2) is 19.0 Å². The number of hydrogen-bond acceptors (Lipinski definition) is 1. The predicted octanol–water partition coefficient (Wildman–Crippen LogP) is 5.15. The maximum atomic E-state index is 2.38. The quantitative estimate of drug-likeness (QED) is 0.629. The van der Waals surface area contributed by atoms with Crippen molar-refractivity contribution >= 4 is 0 Å². The summed E-state index contributed by atoms with van der Waals surface area (Å²) in [6.45, 7) is 11.7. The van der Waals surface area contributed by atoms with Crippen LogP contribution in [0.1, 0.15) is 66.7 Å². The minimum Gasteiger partial charge on any atom is -0.380 e. The van der Waals surface area contributed by atoms with Crippen molar-refractivity contribution < 1.29 is 0 Å². The van der Waals surface area contributed by atoms with Crippen molar-refractivity contribution in [2.24, 2.45) is 5.41 Å². The normalized spacial score (nSPS) is 18.8. The Balaban J connectivity index is 3.53. The summed E-state index contributed by atoms with van der Waals surface area (Å²) in [7, 11) is 4.44. The van der Waals surface area contributed by atoms with E-state index in [1.807, 2.05) is 0 Å². The van der Waals surface area contributed by atoms with Crippen LogP contribution in [-0.2, 0) is 0 Å². The molecular formula is C17H31N. The largest absolute Gasteiger partial charge is 0.380 e. The van der Waals surface area contributed by atoms with E-state index in [0.717, 1.165) is 0 Å². The summed E-state index contributed by atoms with van der Waals surface area (Å²) in [5, 5.41) is 0. The molecule has 0 aromatic heterocycles. The topological polar surface area (TPSA) is 3.24 Å². The molecule has 0 unspecified atom stereocenters. The van der Waals surface area contributed by atoms with Crippen LogP contribution in [0.3, 0.4) is 0 Å². The molecule has 104 valence electrons. The Hall–Kier alpha value is -0.720. The van der Waals surface area contributed by atoms with E-state index in [-0.39, 0.29) is 0 Å². The van der Waals surface area contributed by atoms with Gasteiger partial charge in [0.1, 0.15) is 0 Å². The van der Waals surface area contributed by atoms with E-state index in [1.165, 1.54) is 32.1 Å². The van der Waals surface area contributed by atoms with Gasteiger partial charge in [0.2, 0.25) is 0 Å². The third kappa shape index (κ3) is 2.02. The van der Waals surface area contributed by atoms with Gasteiger partial charge in [0.15, 0.2) is 0 Å². The van der Waals surface area contributed by atoms with Crippen molar-refractivity contribution in [2.45, 2.75) is 66.7 Å². The lowest BCUT2D eigenvalue weighted by Crippen LogP contribution is -2.30. The Morgan fingerprint density at radius 2 is 1.28 bits per heavy atom. The molecule has 0 amide bonds. The molecule has 0 heterocycles. The molecule has 1 aliphatic rings. The van der Waals surface area contributed by atoms with Gasteiger partial charge in [0, 0.05) is 25.2 Å². The first-order valence-electron chi connectivity index (χ1n) is 7.67. The second-order valence-electron chi connectivity index (χ2n) is 5.53. The summed E-state index contributed by atoms with van der Waals surface area (Å²) in [4.78, 5) is 2.38. The lowest BCUT2D eigenvalue weighted by molar-refractivity contribution is 0.300. The molecule has 0 fully saturated rings. The number of hydrogen-bond donors (Lipinski definition) is 0. The molecule has 0 N–H and O–H groups in total. The fraction of sp³-hybridized carbons (Fsp3) is 0.765. The van der Waals surface area contributed by atoms with Crippen LogP contribution in [0.25, 0.3) is 0 Å². The highest BCUT2D eigenvalue weighted by Gasteiger charge is 2.43. The second-order valence-corrected chi connectivity index (χ2v) is 5.53. The Labute approximate surface area is 114 Å². The van der Waals surface area contributed by atoms with E-state index >= 15 is 0 Å². The van der Waals surface area contributed by atoms with E-state index in [2.05, 4.69) is 53.6 Å². The van der Waals surface area contributed by atoms with Crippen LogP contribution < -0.4 is 0 Å². The number of allylic oxidation sites excluding steroid dienone is 3. The Kier molecular flexibility index (Phi) is 5.07. The van der Waals surface area contributed by atoms with E-state index < -0.39 is 0 Å². The molecule has 0 bridgehead atoms. The first kappa shape index (κ1) is 15.3. The molecule has 0 aromatic carbocycles. The SMILES string of the molecule is CCC1=C(CC)C(CC)(CC)C(N(C)C)=C1CC. The van der Waals surface area contributed by atoms with E-state index in [1.54, 1.807) is 22.4 Å². The van der Waals surface area contributed by atoms with Crippen LogP contribution in [0, 0.1) is 5.41 Å². The minimum absolute atomic E-state index is 0.314. The lowest BCUT2D eigenvalue weighted by Gasteiger charge is -2.37. The van der Waals surface area contributed by atoms with Crippen molar-refractivity contribution in [1.29, 1.82) is 0 Å². The third-order valence-electron chi connectivity index (χ3n) is 4.76. The number of nitrogens with zero attached hydrogens (tertiary/aromatic N) is 1. The van der Waals surface area contributed by atoms with Gasteiger partial charge in [-0.25, -0.2) is 0 Å². The zero-order valence-corrected chi connectivity index (χ0v) is 13.5. The van der Waals surface area contributed by atoms with Crippen molar-refractivity contribution in [3.63, 3.8) is 0 Å². The second kappa shape index (κ2) is 5.95. The third-order valence-corrected chi connectivity index (χ3v) is 4.76. The van der Waals surface area contributed by atoms with Gasteiger partial charge >= 0.3 is 0 Å². The lowest BCUT2D eigenvalue weighted by atomic mass is 9.73. The highest BCUT2D eigenvalue weighted by atomic mass is 15.1. The van der Waals surface area contributed by atoms with Crippen LogP contribution in [0.2, 0.25) is 0 Å². The highest BCUT2D eigenvalue weighted by molar-refractivity contribution is 5.52. The van der Waals surface area contributed by atoms with Gasteiger partial charge in [-0.3, -0.25) is 0 Å². The molecule has 0 atom stereocenters. The van der Waals surface area contributed by atoms with Crippen molar-refractivity contribution in [2.75, 3.05) is 14.1 Å². The molecule has 1 rings (SSSR count). The summed E-state index contributed by atoms with van der Waals surface area (Å²) < 4.78 is 0. The molecule has 1 nitrogen and oxygen atoms in total. The molecule has 0 saturated carbocycles. The Morgan fingerprint density at radius 1 is 0.778 bits per heavy atom. The summed E-state index contributed by atoms with van der Waals surface area (Å²) >= 11 is 0. The molecule has 0 aliphatic heterocycles. The first-order chi connectivity index (χ1) is 8.53. The maximum Gasteiger partial charge on any atom is 0.0314 e. The summed E-state index contributed by atoms with van der Waals surface area (Å²) in [5.41, 5.74) is 6.92. The van der Waals surface area contributed by atoms with Crippen LogP contribution in [0.15, 0.2) is 22.4 Å². The molecule has 1 heteroatoms. The zero-order valence-electron chi connectivity index (χ0n) is 13.5. The van der Waals surface area contributed by atoms with Gasteiger partial charge in [0.25, 0.3) is 0 Å². The number of rotatable bonds is 6. The standard InChI is InChI=1S/C17H31N/c1-8-13-14(9-2)16(18(6)7)17(11-4,12-5)15(13)10-3/h8-12H2,1-7H3. The van der Waals surface area contributed by atoms with Gasteiger partial charge in [-0.15, -0.1) is 0 Å². The van der Waals surface area contributed by atoms with Crippen LogP contribution >= 0.6 is 0 Å². The average Bonchev–Trinajstić information content (AvgIpc) is 2.67. The van der Waals surface area contributed by atoms with Gasteiger partial charge in [-0.05, 0) is 43.3 Å². The van der Waals surface area contributed by atoms with Gasteiger partial charge in [-0.2, -0.15) is 0 Å².